The van der Waals surface area contributed by atoms with Crippen molar-refractivity contribution < 1.29 is 14.6 Å². The Kier molecular flexibility index (Phi) is 4.10. The molecular formula is C13H20N2O3S. The van der Waals surface area contributed by atoms with Crippen molar-refractivity contribution in [1.29, 1.82) is 0 Å². The van der Waals surface area contributed by atoms with E-state index in [1.807, 2.05) is 5.38 Å². The van der Waals surface area contributed by atoms with Gasteiger partial charge in [-0.05, 0) is 6.42 Å². The van der Waals surface area contributed by atoms with Gasteiger partial charge in [-0.25, -0.2) is 4.98 Å². The third kappa shape index (κ3) is 3.06. The second-order valence-electron chi connectivity index (χ2n) is 5.52. The van der Waals surface area contributed by atoms with Crippen LogP contribution in [0.4, 0.5) is 5.13 Å². The molecule has 1 aromatic heterocycles. The lowest BCUT2D eigenvalue weighted by Crippen LogP contribution is -2.57. The molecule has 1 aliphatic carbocycles. The van der Waals surface area contributed by atoms with Crippen molar-refractivity contribution in [3.8, 4) is 0 Å². The minimum absolute atomic E-state index is 0.0989. The highest BCUT2D eigenvalue weighted by Crippen LogP contribution is 2.44. The molecule has 1 aliphatic rings. The van der Waals surface area contributed by atoms with E-state index in [-0.39, 0.29) is 17.9 Å². The Labute approximate surface area is 117 Å². The van der Waals surface area contributed by atoms with Gasteiger partial charge in [-0.3, -0.25) is 4.79 Å². The van der Waals surface area contributed by atoms with Crippen LogP contribution < -0.4 is 5.32 Å². The van der Waals surface area contributed by atoms with Crippen molar-refractivity contribution in [3.05, 3.63) is 11.1 Å². The van der Waals surface area contributed by atoms with Crippen LogP contribution >= 0.6 is 11.3 Å². The molecule has 0 saturated heterocycles. The maximum atomic E-state index is 10.5. The molecule has 0 spiro atoms. The number of methoxy groups -OCH3 is 1. The number of aliphatic carboxylic acids is 1. The fourth-order valence-corrected chi connectivity index (χ4v) is 3.20. The van der Waals surface area contributed by atoms with Crippen LogP contribution in [0.3, 0.4) is 0 Å². The van der Waals surface area contributed by atoms with Crippen molar-refractivity contribution in [2.45, 2.75) is 45.3 Å². The van der Waals surface area contributed by atoms with Crippen LogP contribution in [0.5, 0.6) is 0 Å². The monoisotopic (exact) mass is 284 g/mol. The molecule has 1 aromatic rings. The smallest absolute Gasteiger partial charge is 0.303 e. The first kappa shape index (κ1) is 14.3. The molecule has 2 unspecified atom stereocenters. The van der Waals surface area contributed by atoms with E-state index in [4.69, 9.17) is 9.84 Å². The molecule has 0 bridgehead atoms. The third-order valence-electron chi connectivity index (χ3n) is 3.91. The Morgan fingerprint density at radius 3 is 3.00 bits per heavy atom. The van der Waals surface area contributed by atoms with Gasteiger partial charge in [-0.15, -0.1) is 11.3 Å². The summed E-state index contributed by atoms with van der Waals surface area (Å²) >= 11 is 1.53. The number of rotatable bonds is 6. The van der Waals surface area contributed by atoms with Crippen LogP contribution in [-0.4, -0.2) is 35.3 Å². The van der Waals surface area contributed by atoms with Crippen molar-refractivity contribution >= 4 is 22.4 Å². The zero-order chi connectivity index (χ0) is 14.0. The summed E-state index contributed by atoms with van der Waals surface area (Å²) in [4.78, 5) is 14.9. The summed E-state index contributed by atoms with van der Waals surface area (Å²) in [5.41, 5.74) is 0.942. The van der Waals surface area contributed by atoms with Crippen LogP contribution in [0.1, 0.15) is 32.4 Å². The first-order chi connectivity index (χ1) is 8.93. The molecule has 1 heterocycles. The number of aromatic nitrogens is 1. The van der Waals surface area contributed by atoms with E-state index in [1.165, 1.54) is 11.3 Å². The Balaban J connectivity index is 1.89. The highest BCUT2D eigenvalue weighted by molar-refractivity contribution is 7.13. The van der Waals surface area contributed by atoms with E-state index >= 15 is 0 Å². The van der Waals surface area contributed by atoms with Crippen molar-refractivity contribution in [3.63, 3.8) is 0 Å². The molecule has 5 nitrogen and oxygen atoms in total. The number of anilines is 1. The standard InChI is InChI=1S/C13H20N2O3S/c1-13(2)9(6-10(13)18-3)15-12-14-8(7-19-12)4-5-11(16)17/h7,9-10H,4-6H2,1-3H3,(H,14,15)(H,16,17). The van der Waals surface area contributed by atoms with Gasteiger partial charge in [0.25, 0.3) is 0 Å². The van der Waals surface area contributed by atoms with E-state index < -0.39 is 5.97 Å². The zero-order valence-electron chi connectivity index (χ0n) is 11.5. The zero-order valence-corrected chi connectivity index (χ0v) is 12.3. The Morgan fingerprint density at radius 1 is 1.68 bits per heavy atom. The molecule has 2 N–H and O–H groups in total. The Bertz CT molecular complexity index is 458. The molecule has 2 atom stereocenters. The quantitative estimate of drug-likeness (QED) is 0.839. The topological polar surface area (TPSA) is 71.5 Å². The molecule has 0 aromatic carbocycles. The number of ether oxygens (including phenoxy) is 1. The Hall–Kier alpha value is -1.14. The lowest BCUT2D eigenvalue weighted by atomic mass is 9.64. The number of carboxylic acids is 1. The van der Waals surface area contributed by atoms with Gasteiger partial charge in [0.15, 0.2) is 5.13 Å². The maximum absolute atomic E-state index is 10.5. The summed E-state index contributed by atoms with van der Waals surface area (Å²) in [5.74, 6) is -0.787. The number of carboxylic acid groups (broad SMARTS) is 1. The van der Waals surface area contributed by atoms with Crippen LogP contribution in [0.25, 0.3) is 0 Å². The molecular weight excluding hydrogens is 264 g/mol. The van der Waals surface area contributed by atoms with Gasteiger partial charge >= 0.3 is 5.97 Å². The van der Waals surface area contributed by atoms with Gasteiger partial charge in [-0.1, -0.05) is 13.8 Å². The van der Waals surface area contributed by atoms with Gasteiger partial charge in [0.2, 0.25) is 0 Å². The average molecular weight is 284 g/mol. The van der Waals surface area contributed by atoms with E-state index in [2.05, 4.69) is 24.1 Å². The van der Waals surface area contributed by atoms with Crippen LogP contribution in [0, 0.1) is 5.41 Å². The molecule has 1 fully saturated rings. The molecule has 0 aliphatic heterocycles. The molecule has 19 heavy (non-hydrogen) atoms. The largest absolute Gasteiger partial charge is 0.481 e. The van der Waals surface area contributed by atoms with Crippen LogP contribution in [0.2, 0.25) is 0 Å². The van der Waals surface area contributed by atoms with Gasteiger partial charge in [-0.2, -0.15) is 0 Å². The van der Waals surface area contributed by atoms with E-state index in [0.717, 1.165) is 17.2 Å². The number of hydrogen-bond acceptors (Lipinski definition) is 5. The lowest BCUT2D eigenvalue weighted by Gasteiger charge is -2.51. The fraction of sp³-hybridized carbons (Fsp3) is 0.692. The van der Waals surface area contributed by atoms with E-state index in [0.29, 0.717) is 12.5 Å². The molecule has 2 rings (SSSR count). The predicted octanol–water partition coefficient (Wildman–Crippen LogP) is 2.39. The molecule has 0 radical (unpaired) electrons. The number of nitrogens with zero attached hydrogens (tertiary/aromatic N) is 1. The number of carbonyl (C=O) groups is 1. The van der Waals surface area contributed by atoms with Crippen LogP contribution in [-0.2, 0) is 16.0 Å². The normalized spacial score (nSPS) is 24.8. The SMILES string of the molecule is COC1CC(Nc2nc(CCC(=O)O)cs2)C1(C)C. The van der Waals surface area contributed by atoms with Crippen molar-refractivity contribution in [2.24, 2.45) is 5.41 Å². The van der Waals surface area contributed by atoms with Crippen LogP contribution in [0.15, 0.2) is 5.38 Å². The third-order valence-corrected chi connectivity index (χ3v) is 4.73. The maximum Gasteiger partial charge on any atom is 0.303 e. The molecule has 106 valence electrons. The summed E-state index contributed by atoms with van der Waals surface area (Å²) in [6.45, 7) is 4.36. The summed E-state index contributed by atoms with van der Waals surface area (Å²) < 4.78 is 5.42. The highest BCUT2D eigenvalue weighted by Gasteiger charge is 2.48. The summed E-state index contributed by atoms with van der Waals surface area (Å²) in [6, 6.07) is 0.357. The number of nitrogens with one attached hydrogen (secondary N) is 1. The lowest BCUT2D eigenvalue weighted by molar-refractivity contribution is -0.136. The molecule has 6 heteroatoms. The minimum atomic E-state index is -0.787. The summed E-state index contributed by atoms with van der Waals surface area (Å²) in [5, 5.41) is 14.9. The predicted molar refractivity (Wildman–Crippen MR) is 74.7 cm³/mol. The first-order valence-corrected chi connectivity index (χ1v) is 7.27. The van der Waals surface area contributed by atoms with E-state index in [9.17, 15) is 4.79 Å². The molecule has 0 amide bonds. The first-order valence-electron chi connectivity index (χ1n) is 6.39. The summed E-state index contributed by atoms with van der Waals surface area (Å²) in [7, 11) is 1.75. The fourth-order valence-electron chi connectivity index (χ4n) is 2.40. The average Bonchev–Trinajstić information content (AvgIpc) is 2.79. The molecule has 1 saturated carbocycles. The minimum Gasteiger partial charge on any atom is -0.481 e. The van der Waals surface area contributed by atoms with Gasteiger partial charge in [0.1, 0.15) is 0 Å². The Morgan fingerprint density at radius 2 is 2.42 bits per heavy atom. The number of hydrogen-bond donors (Lipinski definition) is 2. The second-order valence-corrected chi connectivity index (χ2v) is 6.37. The number of thiazole rings is 1. The van der Waals surface area contributed by atoms with Crippen molar-refractivity contribution in [1.82, 2.24) is 4.98 Å². The number of aryl methyl sites for hydroxylation is 1. The summed E-state index contributed by atoms with van der Waals surface area (Å²) in [6.07, 6.45) is 1.89. The van der Waals surface area contributed by atoms with E-state index in [1.54, 1.807) is 7.11 Å². The van der Waals surface area contributed by atoms with Gasteiger partial charge in [0, 0.05) is 30.4 Å². The second kappa shape index (κ2) is 5.46. The van der Waals surface area contributed by atoms with Gasteiger partial charge in [0.05, 0.1) is 18.2 Å². The van der Waals surface area contributed by atoms with Crippen molar-refractivity contribution in [2.75, 3.05) is 12.4 Å². The van der Waals surface area contributed by atoms with Gasteiger partial charge < -0.3 is 15.2 Å². The highest BCUT2D eigenvalue weighted by atomic mass is 32.1.